The van der Waals surface area contributed by atoms with E-state index >= 15 is 0 Å². The molecule has 0 unspecified atom stereocenters. The molecule has 0 spiro atoms. The minimum atomic E-state index is -0.603. The van der Waals surface area contributed by atoms with Gasteiger partial charge >= 0.3 is 6.01 Å². The monoisotopic (exact) mass is 512 g/mol. The van der Waals surface area contributed by atoms with Gasteiger partial charge < -0.3 is 10.1 Å². The van der Waals surface area contributed by atoms with Crippen molar-refractivity contribution in [2.45, 2.75) is 13.5 Å². The van der Waals surface area contributed by atoms with E-state index in [1.165, 1.54) is 36.7 Å². The smallest absolute Gasteiger partial charge is 0.316 e. The summed E-state index contributed by atoms with van der Waals surface area (Å²) in [7, 11) is -0.276. The van der Waals surface area contributed by atoms with Crippen molar-refractivity contribution in [1.82, 2.24) is 19.9 Å². The number of ether oxygens (including phenoxy) is 1. The summed E-state index contributed by atoms with van der Waals surface area (Å²) in [6.45, 7) is 5.85. The number of aryl methyl sites for hydroxylation is 1. The largest absolute Gasteiger partial charge is 0.459 e. The molecule has 4 aromatic rings. The predicted octanol–water partition coefficient (Wildman–Crippen LogP) is 5.89. The van der Waals surface area contributed by atoms with Gasteiger partial charge in [-0.1, -0.05) is 19.5 Å². The van der Waals surface area contributed by atoms with E-state index in [0.717, 1.165) is 0 Å². The first-order valence-electron chi connectivity index (χ1n) is 10.5. The third kappa shape index (κ3) is 5.45. The van der Waals surface area contributed by atoms with E-state index in [-0.39, 0.29) is 42.3 Å². The molecule has 35 heavy (non-hydrogen) atoms. The van der Waals surface area contributed by atoms with E-state index < -0.39 is 11.6 Å². The molecule has 0 aliphatic carbocycles. The second-order valence-corrected chi connectivity index (χ2v) is 10.7. The SMILES string of the molecule is Cc1nc2cc(F)c(-c3cnc(OCP(C)C)nc3)nc2c(NCc2cc(C#N)ccc2F)c1Cl. The van der Waals surface area contributed by atoms with Crippen LogP contribution in [0.5, 0.6) is 6.01 Å². The maximum absolute atomic E-state index is 15.0. The van der Waals surface area contributed by atoms with Crippen molar-refractivity contribution in [2.75, 3.05) is 25.0 Å². The quantitative estimate of drug-likeness (QED) is 0.308. The molecule has 0 aliphatic rings. The third-order valence-corrected chi connectivity index (χ3v) is 6.11. The molecule has 0 atom stereocenters. The Hall–Kier alpha value is -3.47. The molecule has 0 saturated heterocycles. The minimum absolute atomic E-state index is 0.0136. The Morgan fingerprint density at radius 1 is 1.11 bits per heavy atom. The van der Waals surface area contributed by atoms with E-state index in [9.17, 15) is 8.78 Å². The van der Waals surface area contributed by atoms with Crippen molar-refractivity contribution in [2.24, 2.45) is 0 Å². The molecule has 0 radical (unpaired) electrons. The average molecular weight is 513 g/mol. The van der Waals surface area contributed by atoms with Crippen LogP contribution in [-0.2, 0) is 6.54 Å². The lowest BCUT2D eigenvalue weighted by molar-refractivity contribution is 0.356. The number of hydrogen-bond acceptors (Lipinski definition) is 7. The number of aromatic nitrogens is 4. The van der Waals surface area contributed by atoms with Crippen molar-refractivity contribution < 1.29 is 13.5 Å². The second-order valence-electron chi connectivity index (χ2n) is 7.95. The van der Waals surface area contributed by atoms with Crippen molar-refractivity contribution in [3.05, 3.63) is 70.1 Å². The zero-order chi connectivity index (χ0) is 25.1. The molecule has 0 fully saturated rings. The van der Waals surface area contributed by atoms with Gasteiger partial charge in [0.05, 0.1) is 33.6 Å². The lowest BCUT2D eigenvalue weighted by atomic mass is 10.1. The topological polar surface area (TPSA) is 96.6 Å². The normalized spacial score (nSPS) is 11.0. The van der Waals surface area contributed by atoms with E-state index in [0.29, 0.717) is 34.4 Å². The Labute approximate surface area is 206 Å². The Morgan fingerprint density at radius 3 is 2.54 bits per heavy atom. The zero-order valence-corrected chi connectivity index (χ0v) is 20.8. The molecular formula is C24H20ClF2N6OP. The van der Waals surface area contributed by atoms with Crippen LogP contribution in [0.15, 0.2) is 36.7 Å². The van der Waals surface area contributed by atoms with Crippen LogP contribution in [0.3, 0.4) is 0 Å². The molecule has 0 amide bonds. The van der Waals surface area contributed by atoms with Gasteiger partial charge in [-0.2, -0.15) is 5.26 Å². The number of anilines is 1. The van der Waals surface area contributed by atoms with Crippen LogP contribution in [-0.4, -0.2) is 39.6 Å². The summed E-state index contributed by atoms with van der Waals surface area (Å²) in [5.74, 6) is -1.08. The molecule has 4 rings (SSSR count). The molecule has 0 saturated carbocycles. The minimum Gasteiger partial charge on any atom is -0.459 e. The Balaban J connectivity index is 1.72. The van der Waals surface area contributed by atoms with E-state index in [4.69, 9.17) is 21.6 Å². The molecule has 3 aromatic heterocycles. The van der Waals surface area contributed by atoms with E-state index in [1.807, 2.05) is 6.07 Å². The third-order valence-electron chi connectivity index (χ3n) is 5.00. The maximum atomic E-state index is 15.0. The van der Waals surface area contributed by atoms with E-state index in [2.05, 4.69) is 38.6 Å². The molecule has 178 valence electrons. The number of fused-ring (bicyclic) bond motifs is 1. The van der Waals surface area contributed by atoms with Gasteiger partial charge in [0.15, 0.2) is 5.82 Å². The highest BCUT2D eigenvalue weighted by Gasteiger charge is 2.18. The fourth-order valence-electron chi connectivity index (χ4n) is 3.29. The van der Waals surface area contributed by atoms with Gasteiger partial charge in [-0.05, 0) is 38.5 Å². The van der Waals surface area contributed by atoms with Crippen molar-refractivity contribution in [1.29, 1.82) is 5.26 Å². The number of hydrogen-bond donors (Lipinski definition) is 1. The highest BCUT2D eigenvalue weighted by Crippen LogP contribution is 2.34. The van der Waals surface area contributed by atoms with Gasteiger partial charge in [0, 0.05) is 36.1 Å². The highest BCUT2D eigenvalue weighted by molar-refractivity contribution is 7.55. The summed E-state index contributed by atoms with van der Waals surface area (Å²) >= 11 is 6.51. The van der Waals surface area contributed by atoms with Crippen LogP contribution in [0.2, 0.25) is 5.02 Å². The van der Waals surface area contributed by atoms with Gasteiger partial charge in [-0.15, -0.1) is 0 Å². The van der Waals surface area contributed by atoms with Crippen molar-refractivity contribution >= 4 is 36.2 Å². The lowest BCUT2D eigenvalue weighted by Gasteiger charge is -2.15. The maximum Gasteiger partial charge on any atom is 0.316 e. The molecule has 1 aromatic carbocycles. The predicted molar refractivity (Wildman–Crippen MR) is 133 cm³/mol. The fraction of sp³-hybridized carbons (Fsp3) is 0.208. The van der Waals surface area contributed by atoms with Crippen LogP contribution < -0.4 is 10.1 Å². The molecular weight excluding hydrogens is 493 g/mol. The van der Waals surface area contributed by atoms with Gasteiger partial charge in [0.25, 0.3) is 0 Å². The second kappa shape index (κ2) is 10.4. The molecule has 3 heterocycles. The van der Waals surface area contributed by atoms with Crippen molar-refractivity contribution in [3.63, 3.8) is 0 Å². The lowest BCUT2D eigenvalue weighted by Crippen LogP contribution is -2.06. The van der Waals surface area contributed by atoms with Gasteiger partial charge in [-0.3, -0.25) is 0 Å². The van der Waals surface area contributed by atoms with Gasteiger partial charge in [0.1, 0.15) is 23.4 Å². The summed E-state index contributed by atoms with van der Waals surface area (Å²) in [6.07, 6.45) is 3.40. The average Bonchev–Trinajstić information content (AvgIpc) is 2.84. The number of halogens is 3. The number of nitrogens with zero attached hydrogens (tertiary/aromatic N) is 5. The zero-order valence-electron chi connectivity index (χ0n) is 19.1. The van der Waals surface area contributed by atoms with Gasteiger partial charge in [0.2, 0.25) is 0 Å². The Morgan fingerprint density at radius 2 is 1.86 bits per heavy atom. The number of pyridine rings is 2. The summed E-state index contributed by atoms with van der Waals surface area (Å²) in [5.41, 5.74) is 2.38. The molecule has 1 N–H and O–H groups in total. The number of rotatable bonds is 7. The van der Waals surface area contributed by atoms with Crippen LogP contribution >= 0.6 is 19.5 Å². The summed E-state index contributed by atoms with van der Waals surface area (Å²) in [5, 5.41) is 12.5. The number of nitriles is 1. The first kappa shape index (κ1) is 24.6. The Bertz CT molecular complexity index is 1440. The van der Waals surface area contributed by atoms with Crippen molar-refractivity contribution in [3.8, 4) is 23.3 Å². The van der Waals surface area contributed by atoms with Crippen LogP contribution in [0, 0.1) is 29.9 Å². The van der Waals surface area contributed by atoms with Gasteiger partial charge in [-0.25, -0.2) is 28.7 Å². The van der Waals surface area contributed by atoms with Crippen LogP contribution in [0.25, 0.3) is 22.3 Å². The summed E-state index contributed by atoms with van der Waals surface area (Å²) < 4.78 is 34.8. The number of benzene rings is 1. The molecule has 0 aliphatic heterocycles. The summed E-state index contributed by atoms with van der Waals surface area (Å²) in [6, 6.07) is 7.53. The summed E-state index contributed by atoms with van der Waals surface area (Å²) in [4.78, 5) is 17.1. The molecule has 11 heteroatoms. The van der Waals surface area contributed by atoms with Crippen LogP contribution in [0.4, 0.5) is 14.5 Å². The Kier molecular flexibility index (Phi) is 7.34. The van der Waals surface area contributed by atoms with Crippen LogP contribution in [0.1, 0.15) is 16.8 Å². The highest BCUT2D eigenvalue weighted by atomic mass is 35.5. The number of nitrogens with one attached hydrogen (secondary N) is 1. The standard InChI is InChI=1S/C24H20ClF2N6OP/c1-13-20(25)23(29-9-15-6-14(8-28)4-5-17(15)26)22-19(32-13)7-18(27)21(33-22)16-10-30-24(31-11-16)34-12-35(2)3/h4-7,10-11H,9,12H2,1-3H3,(H,29,32). The van der Waals surface area contributed by atoms with E-state index in [1.54, 1.807) is 6.92 Å². The molecule has 0 bridgehead atoms. The fourth-order valence-corrected chi connectivity index (χ4v) is 3.86. The first-order chi connectivity index (χ1) is 16.8. The first-order valence-corrected chi connectivity index (χ1v) is 13.3. The molecule has 7 nitrogen and oxygen atoms in total.